The van der Waals surface area contributed by atoms with Gasteiger partial charge in [0.05, 0.1) is 5.69 Å². The first-order valence-electron chi connectivity index (χ1n) is 7.02. The van der Waals surface area contributed by atoms with Crippen LogP contribution in [0.3, 0.4) is 0 Å². The molecule has 1 saturated heterocycles. The fraction of sp³-hybridized carbons (Fsp3) is 0.786. The van der Waals surface area contributed by atoms with Gasteiger partial charge in [-0.3, -0.25) is 0 Å². The number of ether oxygens (including phenoxy) is 2. The smallest absolute Gasteiger partial charge is 0.125 e. The Labute approximate surface area is 119 Å². The molecule has 1 aliphatic heterocycles. The standard InChI is InChI=1S/C14H24N2O2S/c1-4-7-15-10-12-11(2)16-13(19-12)14(17-3)5-8-18-9-6-14/h15H,4-10H2,1-3H3. The zero-order chi connectivity index (χ0) is 13.7. The third-order valence-electron chi connectivity index (χ3n) is 3.69. The van der Waals surface area contributed by atoms with Crippen molar-refractivity contribution in [2.75, 3.05) is 26.9 Å². The van der Waals surface area contributed by atoms with E-state index in [4.69, 9.17) is 14.5 Å². The van der Waals surface area contributed by atoms with Crippen LogP contribution >= 0.6 is 11.3 Å². The molecule has 0 unspecified atom stereocenters. The first kappa shape index (κ1) is 14.9. The van der Waals surface area contributed by atoms with Gasteiger partial charge in [-0.1, -0.05) is 6.92 Å². The van der Waals surface area contributed by atoms with E-state index in [0.29, 0.717) is 0 Å². The van der Waals surface area contributed by atoms with Crippen LogP contribution in [0.5, 0.6) is 0 Å². The average Bonchev–Trinajstić information content (AvgIpc) is 2.82. The molecule has 1 fully saturated rings. The number of rotatable bonds is 6. The Morgan fingerprint density at radius 3 is 2.79 bits per heavy atom. The third-order valence-corrected chi connectivity index (χ3v) is 5.03. The van der Waals surface area contributed by atoms with Gasteiger partial charge in [-0.2, -0.15) is 0 Å². The summed E-state index contributed by atoms with van der Waals surface area (Å²) in [5.74, 6) is 0. The van der Waals surface area contributed by atoms with Gasteiger partial charge in [-0.25, -0.2) is 4.98 Å². The van der Waals surface area contributed by atoms with Crippen molar-refractivity contribution < 1.29 is 9.47 Å². The van der Waals surface area contributed by atoms with Gasteiger partial charge in [0.1, 0.15) is 10.6 Å². The van der Waals surface area contributed by atoms with Gasteiger partial charge in [-0.05, 0) is 19.9 Å². The van der Waals surface area contributed by atoms with E-state index in [1.165, 1.54) is 4.88 Å². The summed E-state index contributed by atoms with van der Waals surface area (Å²) in [7, 11) is 1.79. The van der Waals surface area contributed by atoms with Gasteiger partial charge in [0, 0.05) is 44.6 Å². The Hall–Kier alpha value is -0.490. The molecule has 0 spiro atoms. The summed E-state index contributed by atoms with van der Waals surface area (Å²) in [6.07, 6.45) is 2.96. The summed E-state index contributed by atoms with van der Waals surface area (Å²) in [5.41, 5.74) is 0.906. The van der Waals surface area contributed by atoms with Crippen molar-refractivity contribution in [3.05, 3.63) is 15.6 Å². The molecular formula is C14H24N2O2S. The number of methoxy groups -OCH3 is 1. The zero-order valence-corrected chi connectivity index (χ0v) is 12.9. The van der Waals surface area contributed by atoms with E-state index in [9.17, 15) is 0 Å². The Morgan fingerprint density at radius 1 is 1.42 bits per heavy atom. The molecule has 2 rings (SSSR count). The number of hydrogen-bond acceptors (Lipinski definition) is 5. The molecule has 1 N–H and O–H groups in total. The number of hydrogen-bond donors (Lipinski definition) is 1. The van der Waals surface area contributed by atoms with E-state index in [1.807, 2.05) is 0 Å². The number of thiazole rings is 1. The zero-order valence-electron chi connectivity index (χ0n) is 12.1. The minimum absolute atomic E-state index is 0.226. The highest BCUT2D eigenvalue weighted by Gasteiger charge is 2.37. The van der Waals surface area contributed by atoms with Crippen molar-refractivity contribution in [2.45, 2.75) is 45.3 Å². The van der Waals surface area contributed by atoms with E-state index in [0.717, 1.165) is 56.3 Å². The van der Waals surface area contributed by atoms with E-state index < -0.39 is 0 Å². The number of nitrogens with zero attached hydrogens (tertiary/aromatic N) is 1. The molecule has 0 amide bonds. The second kappa shape index (κ2) is 6.79. The van der Waals surface area contributed by atoms with E-state index in [2.05, 4.69) is 19.2 Å². The maximum atomic E-state index is 5.81. The Balaban J connectivity index is 2.12. The largest absolute Gasteiger partial charge is 0.381 e. The lowest BCUT2D eigenvalue weighted by atomic mass is 9.95. The lowest BCUT2D eigenvalue weighted by Crippen LogP contribution is -2.35. The predicted molar refractivity (Wildman–Crippen MR) is 77.6 cm³/mol. The van der Waals surface area contributed by atoms with Crippen LogP contribution in [-0.4, -0.2) is 31.9 Å². The van der Waals surface area contributed by atoms with Gasteiger partial charge < -0.3 is 14.8 Å². The first-order chi connectivity index (χ1) is 9.22. The molecule has 5 heteroatoms. The van der Waals surface area contributed by atoms with Crippen LogP contribution in [0, 0.1) is 6.92 Å². The molecule has 108 valence electrons. The lowest BCUT2D eigenvalue weighted by Gasteiger charge is -2.33. The quantitative estimate of drug-likeness (QED) is 0.816. The molecule has 1 aliphatic rings. The summed E-state index contributed by atoms with van der Waals surface area (Å²) in [6.45, 7) is 7.75. The molecule has 0 atom stereocenters. The van der Waals surface area contributed by atoms with Gasteiger partial charge >= 0.3 is 0 Å². The molecule has 0 aliphatic carbocycles. The highest BCUT2D eigenvalue weighted by molar-refractivity contribution is 7.11. The lowest BCUT2D eigenvalue weighted by molar-refractivity contribution is -0.0948. The monoisotopic (exact) mass is 284 g/mol. The molecular weight excluding hydrogens is 260 g/mol. The number of aryl methyl sites for hydroxylation is 1. The second-order valence-electron chi connectivity index (χ2n) is 5.02. The Morgan fingerprint density at radius 2 is 2.16 bits per heavy atom. The summed E-state index contributed by atoms with van der Waals surface area (Å²) >= 11 is 1.79. The SMILES string of the molecule is CCCNCc1sc(C2(OC)CCOCC2)nc1C. The van der Waals surface area contributed by atoms with Crippen molar-refractivity contribution in [2.24, 2.45) is 0 Å². The van der Waals surface area contributed by atoms with Crippen LogP contribution in [-0.2, 0) is 21.6 Å². The van der Waals surface area contributed by atoms with Crippen molar-refractivity contribution in [3.8, 4) is 0 Å². The molecule has 4 nitrogen and oxygen atoms in total. The molecule has 2 heterocycles. The van der Waals surface area contributed by atoms with Crippen molar-refractivity contribution in [1.82, 2.24) is 10.3 Å². The van der Waals surface area contributed by atoms with Crippen molar-refractivity contribution in [1.29, 1.82) is 0 Å². The summed E-state index contributed by atoms with van der Waals surface area (Å²) in [6, 6.07) is 0. The molecule has 1 aromatic rings. The third kappa shape index (κ3) is 3.34. The molecule has 1 aromatic heterocycles. The highest BCUT2D eigenvalue weighted by Crippen LogP contribution is 2.38. The highest BCUT2D eigenvalue weighted by atomic mass is 32.1. The minimum Gasteiger partial charge on any atom is -0.381 e. The van der Waals surface area contributed by atoms with Crippen LogP contribution in [0.1, 0.15) is 41.8 Å². The van der Waals surface area contributed by atoms with Crippen molar-refractivity contribution >= 4 is 11.3 Å². The van der Waals surface area contributed by atoms with Crippen LogP contribution in [0.15, 0.2) is 0 Å². The van der Waals surface area contributed by atoms with Gasteiger partial charge in [0.15, 0.2) is 0 Å². The normalized spacial score (nSPS) is 18.7. The number of aromatic nitrogens is 1. The van der Waals surface area contributed by atoms with Gasteiger partial charge in [-0.15, -0.1) is 11.3 Å². The number of nitrogens with one attached hydrogen (secondary N) is 1. The van der Waals surface area contributed by atoms with E-state index >= 15 is 0 Å². The minimum atomic E-state index is -0.226. The van der Waals surface area contributed by atoms with Crippen LogP contribution in [0.25, 0.3) is 0 Å². The van der Waals surface area contributed by atoms with Crippen molar-refractivity contribution in [3.63, 3.8) is 0 Å². The fourth-order valence-corrected chi connectivity index (χ4v) is 3.63. The molecule has 19 heavy (non-hydrogen) atoms. The second-order valence-corrected chi connectivity index (χ2v) is 6.10. The molecule has 0 saturated carbocycles. The summed E-state index contributed by atoms with van der Waals surface area (Å²) in [5, 5.41) is 4.56. The Bertz CT molecular complexity index is 400. The maximum absolute atomic E-state index is 5.81. The van der Waals surface area contributed by atoms with Crippen LogP contribution in [0.4, 0.5) is 0 Å². The average molecular weight is 284 g/mol. The topological polar surface area (TPSA) is 43.4 Å². The summed E-state index contributed by atoms with van der Waals surface area (Å²) in [4.78, 5) is 6.08. The first-order valence-corrected chi connectivity index (χ1v) is 7.84. The molecule has 0 aromatic carbocycles. The van der Waals surface area contributed by atoms with E-state index in [-0.39, 0.29) is 5.60 Å². The Kier molecular flexibility index (Phi) is 5.33. The summed E-state index contributed by atoms with van der Waals surface area (Å²) < 4.78 is 11.3. The maximum Gasteiger partial charge on any atom is 0.125 e. The van der Waals surface area contributed by atoms with Crippen LogP contribution < -0.4 is 5.32 Å². The molecule has 0 radical (unpaired) electrons. The predicted octanol–water partition coefficient (Wildman–Crippen LogP) is 2.60. The van der Waals surface area contributed by atoms with Gasteiger partial charge in [0.25, 0.3) is 0 Å². The van der Waals surface area contributed by atoms with Gasteiger partial charge in [0.2, 0.25) is 0 Å². The fourth-order valence-electron chi connectivity index (χ4n) is 2.37. The molecule has 0 bridgehead atoms. The van der Waals surface area contributed by atoms with Crippen LogP contribution in [0.2, 0.25) is 0 Å². The van der Waals surface area contributed by atoms with E-state index in [1.54, 1.807) is 18.4 Å².